The third-order valence-electron chi connectivity index (χ3n) is 4.93. The lowest BCUT2D eigenvalue weighted by molar-refractivity contribution is -0.120. The zero-order valence-electron chi connectivity index (χ0n) is 16.1. The summed E-state index contributed by atoms with van der Waals surface area (Å²) in [6.07, 6.45) is 2.35. The van der Waals surface area contributed by atoms with Gasteiger partial charge in [0, 0.05) is 5.69 Å². The highest BCUT2D eigenvalue weighted by Gasteiger charge is 2.40. The van der Waals surface area contributed by atoms with Crippen molar-refractivity contribution in [2.24, 2.45) is 0 Å². The Morgan fingerprint density at radius 2 is 1.46 bits per heavy atom. The van der Waals surface area contributed by atoms with Crippen LogP contribution in [0.1, 0.15) is 24.5 Å². The van der Waals surface area contributed by atoms with Gasteiger partial charge in [-0.2, -0.15) is 0 Å². The maximum Gasteiger partial charge on any atom is 0.239 e. The van der Waals surface area contributed by atoms with Gasteiger partial charge in [-0.15, -0.1) is 0 Å². The summed E-state index contributed by atoms with van der Waals surface area (Å²) in [5.41, 5.74) is 1.93. The second-order valence-corrected chi connectivity index (χ2v) is 6.57. The quantitative estimate of drug-likeness (QED) is 0.525. The fourth-order valence-corrected chi connectivity index (χ4v) is 3.47. The van der Waals surface area contributed by atoms with E-state index in [1.165, 1.54) is 0 Å². The molecule has 0 aliphatic carbocycles. The first-order valence-corrected chi connectivity index (χ1v) is 9.47. The van der Waals surface area contributed by atoms with Crippen LogP contribution in [0.25, 0.3) is 0 Å². The van der Waals surface area contributed by atoms with Gasteiger partial charge in [-0.3, -0.25) is 4.79 Å². The van der Waals surface area contributed by atoms with E-state index < -0.39 is 5.41 Å². The second kappa shape index (κ2) is 9.05. The van der Waals surface area contributed by atoms with Crippen molar-refractivity contribution in [3.8, 4) is 5.75 Å². The highest BCUT2D eigenvalue weighted by Crippen LogP contribution is 2.37. The standard InChI is InChI=1S/C25H25NO2/c1-3-19-28-23-17-15-22(16-18-23)26-24(27)25(4-2,20-11-7-5-8-12-20)21-13-9-6-10-14-21/h3,5-18H,1,4,19H2,2H3,(H,26,27). The third-order valence-corrected chi connectivity index (χ3v) is 4.93. The van der Waals surface area contributed by atoms with Gasteiger partial charge in [0.05, 0.1) is 5.41 Å². The number of ether oxygens (including phenoxy) is 1. The summed E-state index contributed by atoms with van der Waals surface area (Å²) in [6.45, 7) is 6.14. The maximum absolute atomic E-state index is 13.6. The molecule has 1 amide bonds. The summed E-state index contributed by atoms with van der Waals surface area (Å²) in [5, 5.41) is 3.10. The molecule has 0 heterocycles. The van der Waals surface area contributed by atoms with Crippen LogP contribution in [0.15, 0.2) is 97.6 Å². The van der Waals surface area contributed by atoms with Crippen LogP contribution in [0.5, 0.6) is 5.75 Å². The van der Waals surface area contributed by atoms with Gasteiger partial charge in [0.2, 0.25) is 5.91 Å². The maximum atomic E-state index is 13.6. The Bertz CT molecular complexity index is 863. The number of nitrogens with one attached hydrogen (secondary N) is 1. The molecule has 0 fully saturated rings. The van der Waals surface area contributed by atoms with Crippen molar-refractivity contribution in [3.05, 3.63) is 109 Å². The summed E-state index contributed by atoms with van der Waals surface area (Å²) in [5.74, 6) is 0.693. The van der Waals surface area contributed by atoms with E-state index in [4.69, 9.17) is 4.74 Å². The molecule has 3 rings (SSSR count). The van der Waals surface area contributed by atoms with Crippen LogP contribution < -0.4 is 10.1 Å². The lowest BCUT2D eigenvalue weighted by atomic mass is 9.71. The Balaban J connectivity index is 1.94. The fraction of sp³-hybridized carbons (Fsp3) is 0.160. The molecule has 0 radical (unpaired) electrons. The molecule has 0 saturated heterocycles. The Labute approximate surface area is 166 Å². The van der Waals surface area contributed by atoms with Crippen LogP contribution in [-0.4, -0.2) is 12.5 Å². The topological polar surface area (TPSA) is 38.3 Å². The van der Waals surface area contributed by atoms with Crippen molar-refractivity contribution < 1.29 is 9.53 Å². The molecule has 1 N–H and O–H groups in total. The van der Waals surface area contributed by atoms with Crippen molar-refractivity contribution in [2.75, 3.05) is 11.9 Å². The van der Waals surface area contributed by atoms with E-state index in [-0.39, 0.29) is 5.91 Å². The highest BCUT2D eigenvalue weighted by molar-refractivity contribution is 6.01. The van der Waals surface area contributed by atoms with Crippen LogP contribution >= 0.6 is 0 Å². The molecule has 3 aromatic rings. The Morgan fingerprint density at radius 3 is 1.93 bits per heavy atom. The van der Waals surface area contributed by atoms with Crippen molar-refractivity contribution in [3.63, 3.8) is 0 Å². The van der Waals surface area contributed by atoms with E-state index >= 15 is 0 Å². The van der Waals surface area contributed by atoms with Gasteiger partial charge < -0.3 is 10.1 Å². The molecule has 3 aromatic carbocycles. The molecule has 0 saturated carbocycles. The second-order valence-electron chi connectivity index (χ2n) is 6.57. The first-order chi connectivity index (χ1) is 13.7. The SMILES string of the molecule is C=CCOc1ccc(NC(=O)C(CC)(c2ccccc2)c2ccccc2)cc1. The van der Waals surface area contributed by atoms with E-state index in [1.54, 1.807) is 6.08 Å². The number of benzene rings is 3. The van der Waals surface area contributed by atoms with Crippen molar-refractivity contribution >= 4 is 11.6 Å². The van der Waals surface area contributed by atoms with E-state index in [9.17, 15) is 4.79 Å². The molecule has 0 aromatic heterocycles. The Morgan fingerprint density at radius 1 is 0.929 bits per heavy atom. The first kappa shape index (κ1) is 19.4. The third kappa shape index (κ3) is 3.99. The molecule has 0 bridgehead atoms. The average Bonchev–Trinajstić information content (AvgIpc) is 2.76. The van der Waals surface area contributed by atoms with Crippen LogP contribution in [0.3, 0.4) is 0 Å². The minimum atomic E-state index is -0.763. The number of carbonyl (C=O) groups is 1. The van der Waals surface area contributed by atoms with Crippen LogP contribution in [-0.2, 0) is 10.2 Å². The normalized spacial score (nSPS) is 10.9. The number of anilines is 1. The molecule has 0 spiro atoms. The van der Waals surface area contributed by atoms with E-state index in [2.05, 4.69) is 11.9 Å². The minimum Gasteiger partial charge on any atom is -0.490 e. The van der Waals surface area contributed by atoms with Crippen LogP contribution in [0, 0.1) is 0 Å². The summed E-state index contributed by atoms with van der Waals surface area (Å²) in [4.78, 5) is 13.6. The van der Waals surface area contributed by atoms with Gasteiger partial charge in [-0.25, -0.2) is 0 Å². The van der Waals surface area contributed by atoms with Crippen molar-refractivity contribution in [1.29, 1.82) is 0 Å². The lowest BCUT2D eigenvalue weighted by Crippen LogP contribution is -2.41. The molecule has 0 aliphatic rings. The molecular weight excluding hydrogens is 346 g/mol. The molecule has 0 atom stereocenters. The van der Waals surface area contributed by atoms with Gasteiger partial charge in [0.15, 0.2) is 0 Å². The number of hydrogen-bond acceptors (Lipinski definition) is 2. The van der Waals surface area contributed by atoms with E-state index in [0.717, 1.165) is 22.6 Å². The van der Waals surface area contributed by atoms with E-state index in [0.29, 0.717) is 13.0 Å². The number of carbonyl (C=O) groups excluding carboxylic acids is 1. The van der Waals surface area contributed by atoms with Crippen molar-refractivity contribution in [2.45, 2.75) is 18.8 Å². The highest BCUT2D eigenvalue weighted by atomic mass is 16.5. The van der Waals surface area contributed by atoms with Gasteiger partial charge in [-0.1, -0.05) is 80.2 Å². The number of rotatable bonds is 8. The monoisotopic (exact) mass is 371 g/mol. The summed E-state index contributed by atoms with van der Waals surface area (Å²) in [6, 6.07) is 27.3. The van der Waals surface area contributed by atoms with Gasteiger partial charge >= 0.3 is 0 Å². The fourth-order valence-electron chi connectivity index (χ4n) is 3.47. The minimum absolute atomic E-state index is 0.0489. The Kier molecular flexibility index (Phi) is 6.28. The zero-order valence-corrected chi connectivity index (χ0v) is 16.1. The van der Waals surface area contributed by atoms with Gasteiger partial charge in [0.25, 0.3) is 0 Å². The molecule has 3 nitrogen and oxygen atoms in total. The molecule has 28 heavy (non-hydrogen) atoms. The molecule has 0 unspecified atom stereocenters. The first-order valence-electron chi connectivity index (χ1n) is 9.47. The van der Waals surface area contributed by atoms with Gasteiger partial charge in [0.1, 0.15) is 12.4 Å². The predicted octanol–water partition coefficient (Wildman–Crippen LogP) is 5.59. The summed E-state index contributed by atoms with van der Waals surface area (Å²) < 4.78 is 5.51. The zero-order chi connectivity index (χ0) is 19.8. The molecule has 0 aliphatic heterocycles. The smallest absolute Gasteiger partial charge is 0.239 e. The van der Waals surface area contributed by atoms with Crippen LogP contribution in [0.4, 0.5) is 5.69 Å². The van der Waals surface area contributed by atoms with E-state index in [1.807, 2.05) is 91.9 Å². The summed E-state index contributed by atoms with van der Waals surface area (Å²) in [7, 11) is 0. The number of hydrogen-bond donors (Lipinski definition) is 1. The summed E-state index contributed by atoms with van der Waals surface area (Å²) >= 11 is 0. The van der Waals surface area contributed by atoms with Crippen LogP contribution in [0.2, 0.25) is 0 Å². The molecule has 142 valence electrons. The largest absolute Gasteiger partial charge is 0.490 e. The average molecular weight is 371 g/mol. The number of amides is 1. The predicted molar refractivity (Wildman–Crippen MR) is 115 cm³/mol. The molecular formula is C25H25NO2. The van der Waals surface area contributed by atoms with Crippen molar-refractivity contribution in [1.82, 2.24) is 0 Å². The molecule has 3 heteroatoms. The Hall–Kier alpha value is -3.33. The van der Waals surface area contributed by atoms with Gasteiger partial charge in [-0.05, 0) is 41.8 Å². The lowest BCUT2D eigenvalue weighted by Gasteiger charge is -2.32.